The minimum Gasteiger partial charge on any atom is -0.493 e. The van der Waals surface area contributed by atoms with Crippen LogP contribution in [0, 0.1) is 0 Å². The first-order chi connectivity index (χ1) is 17.1. The van der Waals surface area contributed by atoms with Gasteiger partial charge < -0.3 is 14.8 Å². The topological polar surface area (TPSA) is 30.5 Å². The molecule has 1 atom stereocenters. The molecule has 0 saturated heterocycles. The second-order valence-electron chi connectivity index (χ2n) is 10.1. The van der Waals surface area contributed by atoms with Crippen molar-refractivity contribution >= 4 is 12.4 Å². The number of methoxy groups -OCH3 is 2. The van der Waals surface area contributed by atoms with Gasteiger partial charge in [-0.05, 0) is 67.0 Å². The first-order valence-electron chi connectivity index (χ1n) is 13.2. The molecule has 1 N–H and O–H groups in total. The van der Waals surface area contributed by atoms with E-state index >= 15 is 0 Å². The van der Waals surface area contributed by atoms with Crippen molar-refractivity contribution in [3.05, 3.63) is 95.1 Å². The van der Waals surface area contributed by atoms with E-state index < -0.39 is 0 Å². The first kappa shape index (κ1) is 28.1. The van der Waals surface area contributed by atoms with Crippen LogP contribution < -0.4 is 14.8 Å². The summed E-state index contributed by atoms with van der Waals surface area (Å²) in [7, 11) is 3.44. The van der Waals surface area contributed by atoms with Gasteiger partial charge in [0.15, 0.2) is 11.5 Å². The van der Waals surface area contributed by atoms with E-state index in [0.717, 1.165) is 50.1 Å². The number of nitrogens with one attached hydrogen (secondary N) is 1. The molecule has 4 rings (SSSR count). The number of halogens is 1. The summed E-state index contributed by atoms with van der Waals surface area (Å²) in [6.07, 6.45) is 7.96. The van der Waals surface area contributed by atoms with Gasteiger partial charge in [-0.1, -0.05) is 86.8 Å². The number of hydrogen-bond acceptors (Lipinski definition) is 3. The van der Waals surface area contributed by atoms with Crippen LogP contribution in [0.5, 0.6) is 11.5 Å². The summed E-state index contributed by atoms with van der Waals surface area (Å²) in [5, 5.41) is 3.83. The Balaban J connectivity index is 0.00000361. The van der Waals surface area contributed by atoms with E-state index in [9.17, 15) is 0 Å². The van der Waals surface area contributed by atoms with Gasteiger partial charge in [-0.25, -0.2) is 0 Å². The van der Waals surface area contributed by atoms with Gasteiger partial charge in [-0.3, -0.25) is 0 Å². The molecule has 1 unspecified atom stereocenters. The van der Waals surface area contributed by atoms with Crippen molar-refractivity contribution in [2.24, 2.45) is 0 Å². The summed E-state index contributed by atoms with van der Waals surface area (Å²) < 4.78 is 11.2. The lowest BCUT2D eigenvalue weighted by atomic mass is 9.68. The fourth-order valence-corrected chi connectivity index (χ4v) is 6.15. The van der Waals surface area contributed by atoms with Crippen molar-refractivity contribution in [3.63, 3.8) is 0 Å². The van der Waals surface area contributed by atoms with Crippen LogP contribution >= 0.6 is 12.4 Å². The van der Waals surface area contributed by atoms with E-state index in [1.165, 1.54) is 35.1 Å². The first-order valence-corrected chi connectivity index (χ1v) is 13.2. The number of ether oxygens (including phenoxy) is 2. The van der Waals surface area contributed by atoms with Crippen LogP contribution in [0.4, 0.5) is 0 Å². The predicted molar refractivity (Wildman–Crippen MR) is 153 cm³/mol. The van der Waals surface area contributed by atoms with Crippen LogP contribution in [0.25, 0.3) is 0 Å². The van der Waals surface area contributed by atoms with E-state index in [-0.39, 0.29) is 23.4 Å². The quantitative estimate of drug-likeness (QED) is 0.268. The summed E-state index contributed by atoms with van der Waals surface area (Å²) in [5.41, 5.74) is 5.62. The molecule has 3 nitrogen and oxygen atoms in total. The van der Waals surface area contributed by atoms with Gasteiger partial charge >= 0.3 is 0 Å². The molecule has 1 aliphatic heterocycles. The van der Waals surface area contributed by atoms with Gasteiger partial charge in [0.1, 0.15) is 0 Å². The molecular formula is C32H42ClNO2. The van der Waals surface area contributed by atoms with Crippen molar-refractivity contribution in [2.45, 2.75) is 69.7 Å². The van der Waals surface area contributed by atoms with Crippen molar-refractivity contribution in [1.82, 2.24) is 5.32 Å². The van der Waals surface area contributed by atoms with Crippen molar-refractivity contribution < 1.29 is 9.47 Å². The van der Waals surface area contributed by atoms with Gasteiger partial charge in [-0.2, -0.15) is 0 Å². The molecule has 36 heavy (non-hydrogen) atoms. The number of unbranched alkanes of at least 4 members (excludes halogenated alkanes) is 1. The fourth-order valence-electron chi connectivity index (χ4n) is 6.15. The maximum Gasteiger partial charge on any atom is 0.161 e. The van der Waals surface area contributed by atoms with Crippen LogP contribution in [-0.2, 0) is 17.4 Å². The molecule has 1 heterocycles. The minimum absolute atomic E-state index is 0. The molecule has 0 bridgehead atoms. The molecule has 0 aromatic heterocycles. The molecular weight excluding hydrogens is 466 g/mol. The third-order valence-electron chi connectivity index (χ3n) is 7.97. The monoisotopic (exact) mass is 507 g/mol. The summed E-state index contributed by atoms with van der Waals surface area (Å²) in [6, 6.07) is 26.7. The average molecular weight is 508 g/mol. The Morgan fingerprint density at radius 2 is 1.42 bits per heavy atom. The smallest absolute Gasteiger partial charge is 0.161 e. The second kappa shape index (κ2) is 12.7. The Kier molecular flexibility index (Phi) is 9.87. The number of benzene rings is 3. The maximum atomic E-state index is 5.64. The molecule has 0 spiro atoms. The molecule has 0 aliphatic carbocycles. The number of fused-ring (bicyclic) bond motifs is 1. The molecule has 0 saturated carbocycles. The molecule has 0 amide bonds. The van der Waals surface area contributed by atoms with Gasteiger partial charge in [0.05, 0.1) is 14.2 Å². The third kappa shape index (κ3) is 5.74. The van der Waals surface area contributed by atoms with Crippen LogP contribution in [0.2, 0.25) is 0 Å². The average Bonchev–Trinajstić information content (AvgIpc) is 2.91. The van der Waals surface area contributed by atoms with Crippen molar-refractivity contribution in [3.8, 4) is 11.5 Å². The summed E-state index contributed by atoms with van der Waals surface area (Å²) in [5.74, 6) is 1.64. The summed E-state index contributed by atoms with van der Waals surface area (Å²) in [4.78, 5) is 0. The van der Waals surface area contributed by atoms with E-state index in [4.69, 9.17) is 9.47 Å². The lowest BCUT2D eigenvalue weighted by Crippen LogP contribution is -2.45. The Morgan fingerprint density at radius 1 is 0.833 bits per heavy atom. The zero-order valence-corrected chi connectivity index (χ0v) is 23.1. The third-order valence-corrected chi connectivity index (χ3v) is 7.97. The largest absolute Gasteiger partial charge is 0.493 e. The number of hydrogen-bond donors (Lipinski definition) is 1. The maximum absolute atomic E-state index is 5.64. The van der Waals surface area contributed by atoms with E-state index in [1.54, 1.807) is 14.2 Å². The van der Waals surface area contributed by atoms with E-state index in [2.05, 4.69) is 92.0 Å². The van der Waals surface area contributed by atoms with E-state index in [0.29, 0.717) is 0 Å². The summed E-state index contributed by atoms with van der Waals surface area (Å²) in [6.45, 7) is 5.66. The predicted octanol–water partition coefficient (Wildman–Crippen LogP) is 7.83. The zero-order valence-electron chi connectivity index (χ0n) is 22.3. The van der Waals surface area contributed by atoms with Crippen LogP contribution in [0.15, 0.2) is 72.8 Å². The molecule has 4 heteroatoms. The molecule has 1 aliphatic rings. The standard InChI is InChI=1S/C32H41NO2.ClH/c1-5-19-32(26-14-8-6-9-15-26,27-16-10-7-11-17-27)21-13-12-20-31(2)28-24-30(35-4)29(34-3)23-25(28)18-22-33-31;/h6-11,14-17,23-24,33H,5,12-13,18-22H2,1-4H3;1H. The zero-order chi connectivity index (χ0) is 24.7. The summed E-state index contributed by atoms with van der Waals surface area (Å²) >= 11 is 0. The Bertz CT molecular complexity index is 1050. The SMILES string of the molecule is CCCC(CCCCC1(C)NCCc2cc(OC)c(OC)cc21)(c1ccccc1)c1ccccc1.Cl. The van der Waals surface area contributed by atoms with Crippen LogP contribution in [0.3, 0.4) is 0 Å². The molecule has 0 radical (unpaired) electrons. The molecule has 3 aromatic rings. The van der Waals surface area contributed by atoms with Crippen molar-refractivity contribution in [1.29, 1.82) is 0 Å². The highest BCUT2D eigenvalue weighted by Gasteiger charge is 2.35. The van der Waals surface area contributed by atoms with E-state index in [1.807, 2.05) is 0 Å². The molecule has 0 fully saturated rings. The fraction of sp³-hybridized carbons (Fsp3) is 0.438. The van der Waals surface area contributed by atoms with Crippen LogP contribution in [0.1, 0.15) is 74.6 Å². The van der Waals surface area contributed by atoms with Gasteiger partial charge in [0.25, 0.3) is 0 Å². The highest BCUT2D eigenvalue weighted by Crippen LogP contribution is 2.43. The Morgan fingerprint density at radius 3 is 1.97 bits per heavy atom. The Labute approximate surface area is 224 Å². The second-order valence-corrected chi connectivity index (χ2v) is 10.1. The van der Waals surface area contributed by atoms with Gasteiger partial charge in [-0.15, -0.1) is 12.4 Å². The highest BCUT2D eigenvalue weighted by molar-refractivity contribution is 5.85. The Hall–Kier alpha value is -2.49. The normalized spacial score (nSPS) is 17.1. The van der Waals surface area contributed by atoms with Gasteiger partial charge in [0, 0.05) is 17.5 Å². The number of rotatable bonds is 11. The van der Waals surface area contributed by atoms with Crippen LogP contribution in [-0.4, -0.2) is 20.8 Å². The van der Waals surface area contributed by atoms with Gasteiger partial charge in [0.2, 0.25) is 0 Å². The minimum atomic E-state index is -0.0555. The highest BCUT2D eigenvalue weighted by atomic mass is 35.5. The van der Waals surface area contributed by atoms with Crippen molar-refractivity contribution in [2.75, 3.05) is 20.8 Å². The molecule has 3 aromatic carbocycles. The lowest BCUT2D eigenvalue weighted by molar-refractivity contribution is 0.297. The lowest BCUT2D eigenvalue weighted by Gasteiger charge is -2.39. The molecule has 194 valence electrons.